The monoisotopic (exact) mass is 515 g/mol. The molecule has 0 heterocycles. The molecule has 3 aromatic rings. The Balaban J connectivity index is 1.80. The van der Waals surface area contributed by atoms with E-state index in [9.17, 15) is 13.2 Å². The Hall–Kier alpha value is -2.89. The lowest BCUT2D eigenvalue weighted by molar-refractivity contribution is 0.0951. The Kier molecular flexibility index (Phi) is 8.01. The fourth-order valence-electron chi connectivity index (χ4n) is 3.42. The second kappa shape index (κ2) is 10.6. The third kappa shape index (κ3) is 6.16. The van der Waals surface area contributed by atoms with Gasteiger partial charge in [0.05, 0.1) is 21.5 Å². The molecule has 3 aromatic carbocycles. The maximum atomic E-state index is 12.7. The Morgan fingerprint density at radius 1 is 1.03 bits per heavy atom. The normalized spacial score (nSPS) is 11.3. The van der Waals surface area contributed by atoms with E-state index >= 15 is 0 Å². The zero-order valence-electron chi connectivity index (χ0n) is 18.9. The molecule has 0 fully saturated rings. The van der Waals surface area contributed by atoms with Crippen LogP contribution in [0.1, 0.15) is 21.5 Å². The molecular weight excluding hydrogens is 493 g/mol. The highest BCUT2D eigenvalue weighted by molar-refractivity contribution is 7.90. The van der Waals surface area contributed by atoms with Gasteiger partial charge in [0.1, 0.15) is 0 Å². The van der Waals surface area contributed by atoms with Gasteiger partial charge in [0.15, 0.2) is 15.5 Å². The molecule has 9 heteroatoms. The highest BCUT2D eigenvalue weighted by Gasteiger charge is 2.16. The van der Waals surface area contributed by atoms with Gasteiger partial charge in [0.2, 0.25) is 0 Å². The summed E-state index contributed by atoms with van der Waals surface area (Å²) in [6.07, 6.45) is 1.14. The highest BCUT2D eigenvalue weighted by atomic mass is 35.5. The van der Waals surface area contributed by atoms with Gasteiger partial charge in [-0.1, -0.05) is 47.5 Å². The summed E-state index contributed by atoms with van der Waals surface area (Å²) in [7, 11) is 0.591. The topological polar surface area (TPSA) is 70.8 Å². The van der Waals surface area contributed by atoms with E-state index in [1.54, 1.807) is 18.2 Å². The Morgan fingerprint density at radius 3 is 2.18 bits per heavy atom. The summed E-state index contributed by atoms with van der Waals surface area (Å²) >= 11 is 13.0. The molecule has 0 unspecified atom stereocenters. The minimum Gasteiger partial charge on any atom is -0.348 e. The van der Waals surface area contributed by atoms with E-state index in [-0.39, 0.29) is 17.3 Å². The van der Waals surface area contributed by atoms with Crippen molar-refractivity contribution < 1.29 is 13.2 Å². The van der Waals surface area contributed by atoms with Crippen LogP contribution in [0, 0.1) is 6.57 Å². The van der Waals surface area contributed by atoms with Crippen LogP contribution >= 0.6 is 23.2 Å². The number of halogens is 2. The minimum atomic E-state index is -3.28. The van der Waals surface area contributed by atoms with Crippen LogP contribution in [0.3, 0.4) is 0 Å². The van der Waals surface area contributed by atoms with Crippen molar-refractivity contribution in [3.05, 3.63) is 92.8 Å². The van der Waals surface area contributed by atoms with E-state index in [1.165, 1.54) is 24.3 Å². The second-order valence-electron chi connectivity index (χ2n) is 8.11. The van der Waals surface area contributed by atoms with Crippen molar-refractivity contribution in [2.75, 3.05) is 20.4 Å². The molecule has 1 N–H and O–H groups in total. The van der Waals surface area contributed by atoms with Gasteiger partial charge >= 0.3 is 0 Å². The third-order valence-electron chi connectivity index (χ3n) is 5.09. The Bertz CT molecular complexity index is 1360. The number of rotatable bonds is 7. The summed E-state index contributed by atoms with van der Waals surface area (Å²) in [6, 6.07) is 14.9. The minimum absolute atomic E-state index is 0.210. The second-order valence-corrected chi connectivity index (χ2v) is 10.9. The van der Waals surface area contributed by atoms with Crippen molar-refractivity contribution in [1.82, 2.24) is 10.2 Å². The lowest BCUT2D eigenvalue weighted by Gasteiger charge is -2.14. The summed E-state index contributed by atoms with van der Waals surface area (Å²) in [5, 5.41) is 3.38. The molecule has 0 radical (unpaired) electrons. The van der Waals surface area contributed by atoms with Crippen molar-refractivity contribution in [2.45, 2.75) is 18.0 Å². The van der Waals surface area contributed by atoms with E-state index in [0.717, 1.165) is 17.4 Å². The average molecular weight is 516 g/mol. The first kappa shape index (κ1) is 25.7. The molecule has 0 aliphatic carbocycles. The zero-order chi connectivity index (χ0) is 25.0. The van der Waals surface area contributed by atoms with Gasteiger partial charge in [-0.3, -0.25) is 4.79 Å². The largest absolute Gasteiger partial charge is 0.348 e. The standard InChI is InChI=1S/C25H23Cl2N3O3S/c1-28-23-13-17(7-8-18(23)15-30(2)3)24-21(26)11-19(12-22(24)27)25(31)29-14-16-5-9-20(10-6-16)34(4,32)33/h5-13H,14-15H2,2-4H3,(H,29,31). The van der Waals surface area contributed by atoms with E-state index < -0.39 is 9.84 Å². The number of nitrogens with one attached hydrogen (secondary N) is 1. The summed E-state index contributed by atoms with van der Waals surface area (Å²) in [4.78, 5) is 18.5. The number of benzene rings is 3. The number of amides is 1. The van der Waals surface area contributed by atoms with E-state index in [0.29, 0.717) is 39.0 Å². The first-order valence-corrected chi connectivity index (χ1v) is 12.9. The van der Waals surface area contributed by atoms with Crippen LogP contribution in [0.15, 0.2) is 59.5 Å². The molecule has 0 saturated carbocycles. The highest BCUT2D eigenvalue weighted by Crippen LogP contribution is 2.38. The fraction of sp³-hybridized carbons (Fsp3) is 0.200. The van der Waals surface area contributed by atoms with Crippen LogP contribution in [-0.4, -0.2) is 39.6 Å². The Labute approximate surface area is 209 Å². The van der Waals surface area contributed by atoms with Gasteiger partial charge in [-0.15, -0.1) is 0 Å². The number of sulfone groups is 1. The lowest BCUT2D eigenvalue weighted by atomic mass is 10.0. The molecule has 34 heavy (non-hydrogen) atoms. The summed E-state index contributed by atoms with van der Waals surface area (Å²) in [5.41, 5.74) is 3.71. The van der Waals surface area contributed by atoms with Crippen LogP contribution in [-0.2, 0) is 22.9 Å². The van der Waals surface area contributed by atoms with E-state index in [2.05, 4.69) is 10.2 Å². The molecule has 3 rings (SSSR count). The van der Waals surface area contributed by atoms with Gasteiger partial charge in [-0.2, -0.15) is 0 Å². The molecule has 0 saturated heterocycles. The third-order valence-corrected chi connectivity index (χ3v) is 6.81. The van der Waals surface area contributed by atoms with Gasteiger partial charge in [-0.25, -0.2) is 13.3 Å². The van der Waals surface area contributed by atoms with Crippen molar-refractivity contribution >= 4 is 44.6 Å². The van der Waals surface area contributed by atoms with Gasteiger partial charge in [-0.05, 0) is 61.1 Å². The van der Waals surface area contributed by atoms with Crippen LogP contribution in [0.4, 0.5) is 5.69 Å². The summed E-state index contributed by atoms with van der Waals surface area (Å²) < 4.78 is 23.1. The molecule has 176 valence electrons. The van der Waals surface area contributed by atoms with E-state index in [4.69, 9.17) is 29.8 Å². The number of carbonyl (C=O) groups is 1. The average Bonchev–Trinajstić information content (AvgIpc) is 2.77. The lowest BCUT2D eigenvalue weighted by Crippen LogP contribution is -2.22. The molecule has 1 amide bonds. The first-order valence-electron chi connectivity index (χ1n) is 10.2. The fourth-order valence-corrected chi connectivity index (χ4v) is 4.75. The van der Waals surface area contributed by atoms with E-state index in [1.807, 2.05) is 31.1 Å². The Morgan fingerprint density at radius 2 is 1.65 bits per heavy atom. The molecule has 0 atom stereocenters. The SMILES string of the molecule is [C-]#[N+]c1cc(-c2c(Cl)cc(C(=O)NCc3ccc(S(C)(=O)=O)cc3)cc2Cl)ccc1CN(C)C. The van der Waals surface area contributed by atoms with Crippen molar-refractivity contribution in [1.29, 1.82) is 0 Å². The van der Waals surface area contributed by atoms with Crippen molar-refractivity contribution in [3.8, 4) is 11.1 Å². The summed E-state index contributed by atoms with van der Waals surface area (Å²) in [6.45, 7) is 8.35. The number of nitrogens with zero attached hydrogens (tertiary/aromatic N) is 2. The molecule has 0 aliphatic heterocycles. The van der Waals surface area contributed by atoms with Crippen LogP contribution < -0.4 is 5.32 Å². The predicted molar refractivity (Wildman–Crippen MR) is 136 cm³/mol. The van der Waals surface area contributed by atoms with Gasteiger partial charge in [0.25, 0.3) is 5.91 Å². The molecule has 6 nitrogen and oxygen atoms in total. The maximum Gasteiger partial charge on any atom is 0.251 e. The van der Waals surface area contributed by atoms with Crippen LogP contribution in [0.2, 0.25) is 10.0 Å². The molecular formula is C25H23Cl2N3O3S. The van der Waals surface area contributed by atoms with Crippen LogP contribution in [0.25, 0.3) is 16.0 Å². The summed E-state index contributed by atoms with van der Waals surface area (Å²) in [5.74, 6) is -0.370. The van der Waals surface area contributed by atoms with Gasteiger partial charge < -0.3 is 10.2 Å². The number of hydrogen-bond acceptors (Lipinski definition) is 4. The van der Waals surface area contributed by atoms with Gasteiger partial charge in [0, 0.05) is 30.5 Å². The number of hydrogen-bond donors (Lipinski definition) is 1. The predicted octanol–water partition coefficient (Wildman–Crippen LogP) is 5.61. The smallest absolute Gasteiger partial charge is 0.251 e. The maximum absolute atomic E-state index is 12.7. The quantitative estimate of drug-likeness (QED) is 0.415. The van der Waals surface area contributed by atoms with Crippen molar-refractivity contribution in [2.24, 2.45) is 0 Å². The molecule has 0 spiro atoms. The number of carbonyl (C=O) groups excluding carboxylic acids is 1. The molecule has 0 aromatic heterocycles. The van der Waals surface area contributed by atoms with Crippen molar-refractivity contribution in [3.63, 3.8) is 0 Å². The molecule has 0 aliphatic rings. The zero-order valence-corrected chi connectivity index (χ0v) is 21.2. The first-order chi connectivity index (χ1) is 16.0. The van der Waals surface area contributed by atoms with Crippen LogP contribution in [0.5, 0.6) is 0 Å². The molecule has 0 bridgehead atoms.